The Bertz CT molecular complexity index is 1250. The number of carbonyl (C=O) groups excluding carboxylic acids is 3. The fraction of sp³-hybridized carbons (Fsp3) is 0.961. The molecule has 0 saturated heterocycles. The number of rotatable bonds is 73. The van der Waals surface area contributed by atoms with Crippen LogP contribution in [-0.4, -0.2) is 37.2 Å². The second-order valence-corrected chi connectivity index (χ2v) is 26.6. The zero-order valence-corrected chi connectivity index (χ0v) is 57.0. The number of unbranched alkanes of at least 4 members (excludes halogenated alkanes) is 62. The number of hydrogen-bond acceptors (Lipinski definition) is 6. The van der Waals surface area contributed by atoms with Gasteiger partial charge < -0.3 is 14.2 Å². The molecule has 0 bridgehead atoms. The van der Waals surface area contributed by atoms with Crippen LogP contribution in [0.25, 0.3) is 0 Å². The highest BCUT2D eigenvalue weighted by Gasteiger charge is 2.20. The zero-order valence-electron chi connectivity index (χ0n) is 57.0. The van der Waals surface area contributed by atoms with Crippen LogP contribution in [0.3, 0.4) is 0 Å². The van der Waals surface area contributed by atoms with E-state index in [2.05, 4.69) is 20.8 Å². The average Bonchev–Trinajstić information content (AvgIpc) is 3.49. The number of hydrogen-bond donors (Lipinski definition) is 0. The predicted molar refractivity (Wildman–Crippen MR) is 363 cm³/mol. The van der Waals surface area contributed by atoms with Gasteiger partial charge >= 0.3 is 17.9 Å². The highest BCUT2D eigenvalue weighted by molar-refractivity contribution is 5.71. The molecule has 0 heterocycles. The molecule has 0 aliphatic rings. The molecule has 1 unspecified atom stereocenters. The molecule has 0 aromatic heterocycles. The monoisotopic (exact) mass is 1170 g/mol. The molecule has 6 heteroatoms. The van der Waals surface area contributed by atoms with E-state index in [0.717, 1.165) is 57.8 Å². The highest BCUT2D eigenvalue weighted by Crippen LogP contribution is 2.20. The summed E-state index contributed by atoms with van der Waals surface area (Å²) in [6.45, 7) is 6.75. The summed E-state index contributed by atoms with van der Waals surface area (Å²) in [5.41, 5.74) is 0. The lowest BCUT2D eigenvalue weighted by Gasteiger charge is -2.18. The van der Waals surface area contributed by atoms with Gasteiger partial charge in [0, 0.05) is 19.3 Å². The lowest BCUT2D eigenvalue weighted by molar-refractivity contribution is -0.167. The van der Waals surface area contributed by atoms with Gasteiger partial charge in [-0.25, -0.2) is 0 Å². The molecular weight excluding hydrogens is 1020 g/mol. The predicted octanol–water partition coefficient (Wildman–Crippen LogP) is 26.6. The fourth-order valence-electron chi connectivity index (χ4n) is 12.3. The molecule has 0 spiro atoms. The van der Waals surface area contributed by atoms with Gasteiger partial charge in [0.25, 0.3) is 0 Å². The molecular formula is C77H150O6. The number of ether oxygens (including phenoxy) is 3. The summed E-state index contributed by atoms with van der Waals surface area (Å²) >= 11 is 0. The van der Waals surface area contributed by atoms with Crippen LogP contribution in [-0.2, 0) is 28.6 Å². The third-order valence-electron chi connectivity index (χ3n) is 18.1. The van der Waals surface area contributed by atoms with Crippen molar-refractivity contribution in [2.24, 2.45) is 0 Å². The van der Waals surface area contributed by atoms with E-state index in [-0.39, 0.29) is 31.1 Å². The normalized spacial score (nSPS) is 11.9. The van der Waals surface area contributed by atoms with Gasteiger partial charge in [-0.1, -0.05) is 419 Å². The minimum Gasteiger partial charge on any atom is -0.462 e. The number of carbonyl (C=O) groups is 3. The highest BCUT2D eigenvalue weighted by atomic mass is 16.6. The van der Waals surface area contributed by atoms with Crippen molar-refractivity contribution in [3.8, 4) is 0 Å². The fourth-order valence-corrected chi connectivity index (χ4v) is 12.3. The van der Waals surface area contributed by atoms with E-state index < -0.39 is 6.10 Å². The summed E-state index contributed by atoms with van der Waals surface area (Å²) in [5, 5.41) is 0. The molecule has 0 aromatic rings. The molecule has 83 heavy (non-hydrogen) atoms. The molecule has 0 radical (unpaired) electrons. The van der Waals surface area contributed by atoms with E-state index >= 15 is 0 Å². The second-order valence-electron chi connectivity index (χ2n) is 26.6. The molecule has 0 rings (SSSR count). The van der Waals surface area contributed by atoms with Gasteiger partial charge in [0.2, 0.25) is 0 Å². The Hall–Kier alpha value is -1.59. The van der Waals surface area contributed by atoms with Crippen molar-refractivity contribution >= 4 is 17.9 Å². The van der Waals surface area contributed by atoms with Crippen molar-refractivity contribution in [3.05, 3.63) is 0 Å². The van der Waals surface area contributed by atoms with Crippen LogP contribution in [0.1, 0.15) is 457 Å². The van der Waals surface area contributed by atoms with E-state index in [9.17, 15) is 14.4 Å². The molecule has 6 nitrogen and oxygen atoms in total. The van der Waals surface area contributed by atoms with Crippen molar-refractivity contribution in [2.45, 2.75) is 463 Å². The zero-order chi connectivity index (χ0) is 59.9. The Morgan fingerprint density at radius 3 is 0.482 bits per heavy atom. The summed E-state index contributed by atoms with van der Waals surface area (Å²) < 4.78 is 17.0. The number of esters is 3. The summed E-state index contributed by atoms with van der Waals surface area (Å²) in [6.07, 6.45) is 87.4. The van der Waals surface area contributed by atoms with Crippen molar-refractivity contribution in [1.29, 1.82) is 0 Å². The standard InChI is InChI=1S/C77H150O6/c1-4-7-10-13-16-19-22-25-27-29-31-33-35-37-38-39-40-42-43-45-47-49-52-55-58-61-64-67-70-76(79)82-73-74(72-81-75(78)69-66-63-60-57-54-51-24-21-18-15-12-9-6-3)83-77(80)71-68-65-62-59-56-53-50-48-46-44-41-36-34-32-30-28-26-23-20-17-14-11-8-5-2/h74H,4-73H2,1-3H3. The van der Waals surface area contributed by atoms with Crippen molar-refractivity contribution in [3.63, 3.8) is 0 Å². The Balaban J connectivity index is 4.14. The van der Waals surface area contributed by atoms with Crippen molar-refractivity contribution < 1.29 is 28.6 Å². The Morgan fingerprint density at radius 1 is 0.193 bits per heavy atom. The van der Waals surface area contributed by atoms with E-state index in [1.807, 2.05) is 0 Å². The molecule has 0 saturated carbocycles. The Morgan fingerprint density at radius 2 is 0.325 bits per heavy atom. The van der Waals surface area contributed by atoms with Gasteiger partial charge in [0.1, 0.15) is 13.2 Å². The average molecular weight is 1170 g/mol. The van der Waals surface area contributed by atoms with Gasteiger partial charge in [0.15, 0.2) is 6.10 Å². The summed E-state index contributed by atoms with van der Waals surface area (Å²) in [5.74, 6) is -0.816. The molecule has 0 fully saturated rings. The Kier molecular flexibility index (Phi) is 71.5. The smallest absolute Gasteiger partial charge is 0.306 e. The van der Waals surface area contributed by atoms with Gasteiger partial charge in [-0.05, 0) is 19.3 Å². The third-order valence-corrected chi connectivity index (χ3v) is 18.1. The quantitative estimate of drug-likeness (QED) is 0.0343. The van der Waals surface area contributed by atoms with Gasteiger partial charge in [0.05, 0.1) is 0 Å². The first-order valence-corrected chi connectivity index (χ1v) is 38.5. The molecule has 0 amide bonds. The Labute approximate surface area is 520 Å². The minimum atomic E-state index is -0.764. The van der Waals surface area contributed by atoms with Crippen molar-refractivity contribution in [2.75, 3.05) is 13.2 Å². The van der Waals surface area contributed by atoms with Crippen LogP contribution < -0.4 is 0 Å². The van der Waals surface area contributed by atoms with Crippen LogP contribution in [0.4, 0.5) is 0 Å². The molecule has 0 aliphatic heterocycles. The van der Waals surface area contributed by atoms with Crippen LogP contribution in [0.2, 0.25) is 0 Å². The molecule has 0 N–H and O–H groups in total. The first-order valence-electron chi connectivity index (χ1n) is 38.5. The van der Waals surface area contributed by atoms with E-state index in [1.165, 1.54) is 360 Å². The van der Waals surface area contributed by atoms with Gasteiger partial charge in [-0.15, -0.1) is 0 Å². The summed E-state index contributed by atoms with van der Waals surface area (Å²) in [4.78, 5) is 38.5. The summed E-state index contributed by atoms with van der Waals surface area (Å²) in [6, 6.07) is 0. The third kappa shape index (κ3) is 71.1. The lowest BCUT2D eigenvalue weighted by Crippen LogP contribution is -2.30. The van der Waals surface area contributed by atoms with Crippen LogP contribution in [0.5, 0.6) is 0 Å². The van der Waals surface area contributed by atoms with Crippen molar-refractivity contribution in [1.82, 2.24) is 0 Å². The topological polar surface area (TPSA) is 78.9 Å². The van der Waals surface area contributed by atoms with Gasteiger partial charge in [-0.3, -0.25) is 14.4 Å². The van der Waals surface area contributed by atoms with E-state index in [4.69, 9.17) is 14.2 Å². The SMILES string of the molecule is CCCCCCCCCCCCCCCCCCCCCCCCCCCCCCC(=O)OCC(COC(=O)CCCCCCCCCCCCCCC)OC(=O)CCCCCCCCCCCCCCCCCCCCCCCCCC. The first kappa shape index (κ1) is 81.4. The summed E-state index contributed by atoms with van der Waals surface area (Å²) in [7, 11) is 0. The van der Waals surface area contributed by atoms with Crippen LogP contribution >= 0.6 is 0 Å². The maximum atomic E-state index is 13.0. The largest absolute Gasteiger partial charge is 0.462 e. The van der Waals surface area contributed by atoms with E-state index in [1.54, 1.807) is 0 Å². The maximum absolute atomic E-state index is 13.0. The van der Waals surface area contributed by atoms with Crippen LogP contribution in [0, 0.1) is 0 Å². The van der Waals surface area contributed by atoms with Gasteiger partial charge in [-0.2, -0.15) is 0 Å². The minimum absolute atomic E-state index is 0.0599. The lowest BCUT2D eigenvalue weighted by atomic mass is 10.0. The van der Waals surface area contributed by atoms with Crippen LogP contribution in [0.15, 0.2) is 0 Å². The maximum Gasteiger partial charge on any atom is 0.306 e. The molecule has 494 valence electrons. The second kappa shape index (κ2) is 72.9. The molecule has 0 aromatic carbocycles. The molecule has 0 aliphatic carbocycles. The first-order chi connectivity index (χ1) is 41.0. The van der Waals surface area contributed by atoms with E-state index in [0.29, 0.717) is 19.3 Å². The molecule has 1 atom stereocenters.